The number of halogens is 1. The summed E-state index contributed by atoms with van der Waals surface area (Å²) in [6.07, 6.45) is 2.02. The first kappa shape index (κ1) is 14.4. The molecule has 2 aliphatic rings. The minimum Gasteiger partial charge on any atom is -0.334 e. The van der Waals surface area contributed by atoms with Crippen LogP contribution in [0, 0.1) is 5.82 Å². The number of thioether (sulfide) groups is 1. The fourth-order valence-corrected chi connectivity index (χ4v) is 3.29. The number of nitrogens with zero attached hydrogens (tertiary/aromatic N) is 2. The third-order valence-electron chi connectivity index (χ3n) is 3.73. The smallest absolute Gasteiger partial charge is 0.242 e. The summed E-state index contributed by atoms with van der Waals surface area (Å²) < 4.78 is 12.9. The minimum atomic E-state index is -0.275. The topological polar surface area (TPSA) is 40.6 Å². The molecule has 112 valence electrons. The van der Waals surface area contributed by atoms with Gasteiger partial charge >= 0.3 is 0 Å². The van der Waals surface area contributed by atoms with Crippen molar-refractivity contribution in [1.29, 1.82) is 0 Å². The van der Waals surface area contributed by atoms with E-state index < -0.39 is 0 Å². The molecule has 0 N–H and O–H groups in total. The van der Waals surface area contributed by atoms with E-state index in [1.165, 1.54) is 23.9 Å². The highest BCUT2D eigenvalue weighted by molar-refractivity contribution is 8.00. The van der Waals surface area contributed by atoms with Crippen molar-refractivity contribution in [2.75, 3.05) is 18.2 Å². The summed E-state index contributed by atoms with van der Waals surface area (Å²) in [4.78, 5) is 27.5. The Bertz CT molecular complexity index is 545. The molecule has 2 amide bonds. The zero-order chi connectivity index (χ0) is 14.8. The van der Waals surface area contributed by atoms with Gasteiger partial charge in [0.2, 0.25) is 11.8 Å². The molecule has 6 heteroatoms. The third kappa shape index (κ3) is 3.56. The van der Waals surface area contributed by atoms with Crippen LogP contribution < -0.4 is 0 Å². The van der Waals surface area contributed by atoms with Crippen molar-refractivity contribution in [2.24, 2.45) is 0 Å². The summed E-state index contributed by atoms with van der Waals surface area (Å²) in [6, 6.07) is 6.49. The van der Waals surface area contributed by atoms with Crippen molar-refractivity contribution >= 4 is 23.6 Å². The number of carbonyl (C=O) groups is 2. The maximum absolute atomic E-state index is 12.9. The Hall–Kier alpha value is -1.56. The molecule has 3 rings (SSSR count). The second kappa shape index (κ2) is 6.05. The highest BCUT2D eigenvalue weighted by Gasteiger charge is 2.34. The van der Waals surface area contributed by atoms with Crippen LogP contribution in [0.1, 0.15) is 18.4 Å². The van der Waals surface area contributed by atoms with Crippen LogP contribution in [0.15, 0.2) is 24.3 Å². The molecule has 1 saturated heterocycles. The molecule has 0 atom stereocenters. The van der Waals surface area contributed by atoms with Gasteiger partial charge in [-0.3, -0.25) is 9.59 Å². The van der Waals surface area contributed by atoms with Crippen LogP contribution >= 0.6 is 11.8 Å². The monoisotopic (exact) mass is 308 g/mol. The van der Waals surface area contributed by atoms with Gasteiger partial charge in [-0.2, -0.15) is 0 Å². The van der Waals surface area contributed by atoms with E-state index >= 15 is 0 Å². The lowest BCUT2D eigenvalue weighted by Crippen LogP contribution is -2.41. The number of benzene rings is 1. The molecular formula is C15H17FN2O2S. The Morgan fingerprint density at radius 3 is 2.62 bits per heavy atom. The average Bonchev–Trinajstić information content (AvgIpc) is 3.23. The van der Waals surface area contributed by atoms with Crippen LogP contribution in [-0.2, 0) is 16.1 Å². The van der Waals surface area contributed by atoms with Crippen molar-refractivity contribution in [2.45, 2.75) is 25.4 Å². The van der Waals surface area contributed by atoms with Crippen molar-refractivity contribution in [3.8, 4) is 0 Å². The summed E-state index contributed by atoms with van der Waals surface area (Å²) in [7, 11) is 0. The molecule has 0 aromatic heterocycles. The summed E-state index contributed by atoms with van der Waals surface area (Å²) in [5.74, 6) is 0.806. The van der Waals surface area contributed by atoms with Gasteiger partial charge in [-0.25, -0.2) is 4.39 Å². The normalized spacial score (nSPS) is 18.1. The van der Waals surface area contributed by atoms with Gasteiger partial charge < -0.3 is 9.80 Å². The number of hydrogen-bond donors (Lipinski definition) is 0. The molecule has 0 bridgehead atoms. The molecule has 1 aromatic rings. The van der Waals surface area contributed by atoms with Crippen LogP contribution in [-0.4, -0.2) is 45.8 Å². The second-order valence-corrected chi connectivity index (χ2v) is 6.40. The van der Waals surface area contributed by atoms with Gasteiger partial charge in [0.15, 0.2) is 0 Å². The molecule has 1 saturated carbocycles. The van der Waals surface area contributed by atoms with E-state index in [-0.39, 0.29) is 30.2 Å². The lowest BCUT2D eigenvalue weighted by Gasteiger charge is -2.25. The van der Waals surface area contributed by atoms with E-state index in [2.05, 4.69) is 0 Å². The van der Waals surface area contributed by atoms with Gasteiger partial charge in [0.05, 0.1) is 11.6 Å². The minimum absolute atomic E-state index is 0.0160. The Kier molecular flexibility index (Phi) is 4.14. The van der Waals surface area contributed by atoms with Gasteiger partial charge in [0, 0.05) is 12.6 Å². The molecule has 21 heavy (non-hydrogen) atoms. The molecule has 1 aromatic carbocycles. The van der Waals surface area contributed by atoms with Crippen molar-refractivity contribution in [3.05, 3.63) is 35.6 Å². The summed E-state index contributed by atoms with van der Waals surface area (Å²) >= 11 is 1.54. The molecule has 1 aliphatic heterocycles. The van der Waals surface area contributed by atoms with E-state index in [0.717, 1.165) is 18.4 Å². The molecule has 0 unspecified atom stereocenters. The Labute approximate surface area is 127 Å². The number of amides is 2. The quantitative estimate of drug-likeness (QED) is 0.833. The van der Waals surface area contributed by atoms with Crippen LogP contribution in [0.2, 0.25) is 0 Å². The van der Waals surface area contributed by atoms with Gasteiger partial charge in [-0.1, -0.05) is 12.1 Å². The number of hydrogen-bond acceptors (Lipinski definition) is 3. The predicted octanol–water partition coefficient (Wildman–Crippen LogP) is 1.85. The van der Waals surface area contributed by atoms with Crippen LogP contribution in [0.25, 0.3) is 0 Å². The van der Waals surface area contributed by atoms with Crippen LogP contribution in [0.5, 0.6) is 0 Å². The standard InChI is InChI=1S/C15H17FN2O2S/c16-12-3-1-11(2-4-12)7-18(13-5-6-13)14(19)8-17-10-21-9-15(17)20/h1-4,13H,5-10H2. The zero-order valence-electron chi connectivity index (χ0n) is 11.6. The maximum Gasteiger partial charge on any atom is 0.242 e. The zero-order valence-corrected chi connectivity index (χ0v) is 12.4. The lowest BCUT2D eigenvalue weighted by molar-refractivity contribution is -0.138. The van der Waals surface area contributed by atoms with Crippen LogP contribution in [0.3, 0.4) is 0 Å². The number of carbonyl (C=O) groups excluding carboxylic acids is 2. The molecule has 2 fully saturated rings. The maximum atomic E-state index is 12.9. The van der Waals surface area contributed by atoms with E-state index in [1.807, 2.05) is 4.90 Å². The van der Waals surface area contributed by atoms with Gasteiger partial charge in [0.25, 0.3) is 0 Å². The van der Waals surface area contributed by atoms with Gasteiger partial charge in [0.1, 0.15) is 12.4 Å². The first-order chi connectivity index (χ1) is 10.1. The fourth-order valence-electron chi connectivity index (χ4n) is 2.39. The second-order valence-electron chi connectivity index (χ2n) is 5.45. The first-order valence-electron chi connectivity index (χ1n) is 7.03. The Morgan fingerprint density at radius 2 is 2.05 bits per heavy atom. The predicted molar refractivity (Wildman–Crippen MR) is 79.0 cm³/mol. The molecule has 1 heterocycles. The van der Waals surface area contributed by atoms with Crippen molar-refractivity contribution < 1.29 is 14.0 Å². The van der Waals surface area contributed by atoms with Gasteiger partial charge in [-0.15, -0.1) is 11.8 Å². The highest BCUT2D eigenvalue weighted by atomic mass is 32.2. The SMILES string of the molecule is O=C1CSCN1CC(=O)N(Cc1ccc(F)cc1)C1CC1. The van der Waals surface area contributed by atoms with Gasteiger partial charge in [-0.05, 0) is 30.5 Å². The molecule has 4 nitrogen and oxygen atoms in total. The third-order valence-corrected chi connectivity index (χ3v) is 4.67. The van der Waals surface area contributed by atoms with Crippen molar-refractivity contribution in [1.82, 2.24) is 9.80 Å². The fraction of sp³-hybridized carbons (Fsp3) is 0.467. The molecule has 0 radical (unpaired) electrons. The largest absolute Gasteiger partial charge is 0.334 e. The lowest BCUT2D eigenvalue weighted by atomic mass is 10.2. The average molecular weight is 308 g/mol. The highest BCUT2D eigenvalue weighted by Crippen LogP contribution is 2.29. The van der Waals surface area contributed by atoms with E-state index in [0.29, 0.717) is 18.2 Å². The molecule has 1 aliphatic carbocycles. The summed E-state index contributed by atoms with van der Waals surface area (Å²) in [5.41, 5.74) is 0.916. The summed E-state index contributed by atoms with van der Waals surface area (Å²) in [6.45, 7) is 0.641. The molecular weight excluding hydrogens is 291 g/mol. The first-order valence-corrected chi connectivity index (χ1v) is 8.18. The van der Waals surface area contributed by atoms with Crippen LogP contribution in [0.4, 0.5) is 4.39 Å². The van der Waals surface area contributed by atoms with E-state index in [1.54, 1.807) is 17.0 Å². The Morgan fingerprint density at radius 1 is 1.33 bits per heavy atom. The van der Waals surface area contributed by atoms with E-state index in [9.17, 15) is 14.0 Å². The summed E-state index contributed by atoms with van der Waals surface area (Å²) in [5, 5.41) is 0. The van der Waals surface area contributed by atoms with E-state index in [4.69, 9.17) is 0 Å². The number of rotatable bonds is 5. The Balaban J connectivity index is 1.65. The van der Waals surface area contributed by atoms with Crippen molar-refractivity contribution in [3.63, 3.8) is 0 Å². The molecule has 0 spiro atoms.